The lowest BCUT2D eigenvalue weighted by Crippen LogP contribution is -2.00. The van der Waals surface area contributed by atoms with Crippen molar-refractivity contribution in [2.75, 3.05) is 0 Å². The van der Waals surface area contributed by atoms with Crippen molar-refractivity contribution in [1.29, 1.82) is 0 Å². The van der Waals surface area contributed by atoms with Gasteiger partial charge < -0.3 is 4.57 Å². The van der Waals surface area contributed by atoms with Crippen LogP contribution in [0.15, 0.2) is 30.9 Å². The lowest BCUT2D eigenvalue weighted by Gasteiger charge is -2.16. The Bertz CT molecular complexity index is 860. The van der Waals surface area contributed by atoms with Crippen LogP contribution in [-0.4, -0.2) is 4.57 Å². The molecule has 4 rings (SSSR count). The number of rotatable bonds is 0. The van der Waals surface area contributed by atoms with Gasteiger partial charge in [0.25, 0.3) is 0 Å². The maximum Gasteiger partial charge on any atom is 0.0567 e. The molecule has 0 amide bonds. The topological polar surface area (TPSA) is 4.93 Å². The number of hydrogen-bond acceptors (Lipinski definition) is 0. The van der Waals surface area contributed by atoms with Gasteiger partial charge >= 0.3 is 0 Å². The van der Waals surface area contributed by atoms with Crippen molar-refractivity contribution < 1.29 is 0 Å². The molecule has 1 unspecified atom stereocenters. The lowest BCUT2D eigenvalue weighted by atomic mass is 9.87. The molecule has 0 saturated heterocycles. The number of benzene rings is 1. The van der Waals surface area contributed by atoms with Gasteiger partial charge in [0.05, 0.1) is 5.52 Å². The third-order valence-electron chi connectivity index (χ3n) is 5.76. The molecule has 2 aromatic rings. The predicted octanol–water partition coefficient (Wildman–Crippen LogP) is 6.69. The van der Waals surface area contributed by atoms with Crippen LogP contribution in [-0.2, 0) is 7.05 Å². The Balaban J connectivity index is 2.04. The summed E-state index contributed by atoms with van der Waals surface area (Å²) < 4.78 is 2.42. The fourth-order valence-corrected chi connectivity index (χ4v) is 4.50. The molecule has 1 heterocycles. The van der Waals surface area contributed by atoms with Crippen molar-refractivity contribution in [3.63, 3.8) is 0 Å². The van der Waals surface area contributed by atoms with Crippen LogP contribution in [0.3, 0.4) is 0 Å². The zero-order valence-electron chi connectivity index (χ0n) is 14.9. The van der Waals surface area contributed by atoms with Gasteiger partial charge in [0.2, 0.25) is 0 Å². The minimum atomic E-state index is 0.608. The molecule has 0 aliphatic heterocycles. The molecule has 24 heavy (non-hydrogen) atoms. The molecule has 124 valence electrons. The first kappa shape index (κ1) is 15.5. The maximum atomic E-state index is 4.36. The number of nitrogens with zero attached hydrogens (tertiary/aromatic N) is 1. The molecule has 1 nitrogen and oxygen atoms in total. The summed E-state index contributed by atoms with van der Waals surface area (Å²) in [4.78, 5) is 0. The van der Waals surface area contributed by atoms with Gasteiger partial charge in [0.1, 0.15) is 0 Å². The number of fused-ring (bicyclic) bond motifs is 5. The Kier molecular flexibility index (Phi) is 3.96. The Morgan fingerprint density at radius 1 is 1.08 bits per heavy atom. The zero-order valence-corrected chi connectivity index (χ0v) is 14.9. The highest BCUT2D eigenvalue weighted by molar-refractivity contribution is 6.00. The van der Waals surface area contributed by atoms with Gasteiger partial charge in [0, 0.05) is 23.7 Å². The van der Waals surface area contributed by atoms with Crippen LogP contribution in [0.5, 0.6) is 0 Å². The molecule has 1 heteroatoms. The summed E-state index contributed by atoms with van der Waals surface area (Å²) in [6.07, 6.45) is 16.7. The molecular weight excluding hydrogens is 290 g/mol. The number of aryl methyl sites for hydroxylation is 1. The number of hydrogen-bond donors (Lipinski definition) is 0. The Hall–Kier alpha value is -2.02. The molecular formula is C23H27N. The lowest BCUT2D eigenvalue weighted by molar-refractivity contribution is 0.586. The van der Waals surface area contributed by atoms with Gasteiger partial charge in [-0.1, -0.05) is 56.7 Å². The van der Waals surface area contributed by atoms with Gasteiger partial charge in [-0.05, 0) is 54.4 Å². The maximum absolute atomic E-state index is 4.36. The minimum absolute atomic E-state index is 0.608. The molecule has 2 aliphatic rings. The van der Waals surface area contributed by atoms with E-state index in [0.29, 0.717) is 5.92 Å². The molecule has 0 radical (unpaired) electrons. The Morgan fingerprint density at radius 3 is 2.83 bits per heavy atom. The summed E-state index contributed by atoms with van der Waals surface area (Å²) in [5.41, 5.74) is 8.24. The Morgan fingerprint density at radius 2 is 1.96 bits per heavy atom. The minimum Gasteiger partial charge on any atom is -0.343 e. The monoisotopic (exact) mass is 317 g/mol. The molecule has 0 saturated carbocycles. The molecule has 0 N–H and O–H groups in total. The molecule has 0 fully saturated rings. The molecule has 2 aliphatic carbocycles. The van der Waals surface area contributed by atoms with Crippen LogP contribution >= 0.6 is 0 Å². The van der Waals surface area contributed by atoms with E-state index in [2.05, 4.69) is 61.6 Å². The average molecular weight is 317 g/mol. The highest BCUT2D eigenvalue weighted by atomic mass is 15.0. The Labute approximate surface area is 145 Å². The summed E-state index contributed by atoms with van der Waals surface area (Å²) in [5, 5.41) is 1.43. The van der Waals surface area contributed by atoms with Gasteiger partial charge in [-0.2, -0.15) is 0 Å². The summed E-state index contributed by atoms with van der Waals surface area (Å²) >= 11 is 0. The first-order valence-electron chi connectivity index (χ1n) is 9.35. The summed E-state index contributed by atoms with van der Waals surface area (Å²) in [5.74, 6) is 0.608. The second-order valence-electron chi connectivity index (χ2n) is 7.44. The van der Waals surface area contributed by atoms with Crippen LogP contribution in [0, 0.1) is 0 Å². The largest absolute Gasteiger partial charge is 0.343 e. The first-order valence-corrected chi connectivity index (χ1v) is 9.35. The summed E-state index contributed by atoms with van der Waals surface area (Å²) in [6.45, 7) is 6.76. The van der Waals surface area contributed by atoms with Crippen molar-refractivity contribution in [2.24, 2.45) is 7.05 Å². The fourth-order valence-electron chi connectivity index (χ4n) is 4.50. The molecule has 0 bridgehead atoms. The average Bonchev–Trinajstić information content (AvgIpc) is 2.87. The smallest absolute Gasteiger partial charge is 0.0567 e. The fraction of sp³-hybridized carbons (Fsp3) is 0.391. The second kappa shape index (κ2) is 6.12. The quantitative estimate of drug-likeness (QED) is 0.510. The SMILES string of the molecule is C=C1CC=Cc2ccc3c4c(n(C)c3c21)C=CCCCCCC4C. The molecule has 0 spiro atoms. The van der Waals surface area contributed by atoms with E-state index < -0.39 is 0 Å². The summed E-state index contributed by atoms with van der Waals surface area (Å²) in [6, 6.07) is 4.63. The van der Waals surface area contributed by atoms with E-state index in [1.807, 2.05) is 0 Å². The van der Waals surface area contributed by atoms with Gasteiger partial charge in [-0.3, -0.25) is 0 Å². The first-order chi connectivity index (χ1) is 11.7. The van der Waals surface area contributed by atoms with Crippen molar-refractivity contribution >= 4 is 28.6 Å². The van der Waals surface area contributed by atoms with Crippen molar-refractivity contribution in [3.8, 4) is 0 Å². The molecule has 1 atom stereocenters. The van der Waals surface area contributed by atoms with Crippen molar-refractivity contribution in [1.82, 2.24) is 4.57 Å². The van der Waals surface area contributed by atoms with E-state index >= 15 is 0 Å². The van der Waals surface area contributed by atoms with Crippen LogP contribution in [0.2, 0.25) is 0 Å². The third kappa shape index (κ3) is 2.38. The highest BCUT2D eigenvalue weighted by Gasteiger charge is 2.23. The van der Waals surface area contributed by atoms with Gasteiger partial charge in [0.15, 0.2) is 0 Å². The van der Waals surface area contributed by atoms with E-state index in [4.69, 9.17) is 0 Å². The predicted molar refractivity (Wildman–Crippen MR) is 106 cm³/mol. The van der Waals surface area contributed by atoms with Gasteiger partial charge in [-0.15, -0.1) is 0 Å². The summed E-state index contributed by atoms with van der Waals surface area (Å²) in [7, 11) is 2.23. The molecule has 1 aromatic carbocycles. The van der Waals surface area contributed by atoms with Crippen LogP contribution < -0.4 is 0 Å². The van der Waals surface area contributed by atoms with E-state index in [0.717, 1.165) is 6.42 Å². The third-order valence-corrected chi connectivity index (χ3v) is 5.76. The standard InChI is InChI=1S/C23H27N/c1-16-11-9-12-18-14-15-19-22-17(2)10-7-5-4-6-8-13-20(22)24(3)23(19)21(16)18/h8-9,12-15,17H,1,4-7,10-11H2,2-3H3. The number of allylic oxidation sites excluding steroid dienone is 3. The van der Waals surface area contributed by atoms with Crippen LogP contribution in [0.4, 0.5) is 0 Å². The van der Waals surface area contributed by atoms with Crippen molar-refractivity contribution in [3.05, 3.63) is 53.2 Å². The van der Waals surface area contributed by atoms with Gasteiger partial charge in [-0.25, -0.2) is 0 Å². The highest BCUT2D eigenvalue weighted by Crippen LogP contribution is 2.41. The van der Waals surface area contributed by atoms with E-state index in [-0.39, 0.29) is 0 Å². The van der Waals surface area contributed by atoms with E-state index in [1.54, 1.807) is 0 Å². The van der Waals surface area contributed by atoms with E-state index in [1.165, 1.54) is 71.0 Å². The van der Waals surface area contributed by atoms with Crippen molar-refractivity contribution in [2.45, 2.75) is 51.4 Å². The van der Waals surface area contributed by atoms with E-state index in [9.17, 15) is 0 Å². The molecule has 1 aromatic heterocycles. The van der Waals surface area contributed by atoms with Crippen LogP contribution in [0.1, 0.15) is 73.8 Å². The normalized spacial score (nSPS) is 20.9. The zero-order chi connectivity index (χ0) is 16.7. The number of aromatic nitrogens is 1. The second-order valence-corrected chi connectivity index (χ2v) is 7.44. The van der Waals surface area contributed by atoms with Crippen LogP contribution in [0.25, 0.3) is 28.6 Å².